The number of nitrogens with two attached hydrogens (primary N) is 1. The van der Waals surface area contributed by atoms with Crippen LogP contribution in [0.5, 0.6) is 0 Å². The molecule has 3 N–H and O–H groups in total. The third kappa shape index (κ3) is 5.29. The summed E-state index contributed by atoms with van der Waals surface area (Å²) in [6, 6.07) is 8.45. The Morgan fingerprint density at radius 2 is 2.09 bits per heavy atom. The van der Waals surface area contributed by atoms with E-state index in [2.05, 4.69) is 15.3 Å². The molecule has 0 spiro atoms. The van der Waals surface area contributed by atoms with Crippen molar-refractivity contribution in [3.63, 3.8) is 0 Å². The lowest BCUT2D eigenvalue weighted by Crippen LogP contribution is -2.33. The molecule has 1 aliphatic rings. The number of anilines is 2. The number of aromatic nitrogens is 3. The number of methoxy groups -OCH3 is 1. The molecule has 2 amide bonds. The van der Waals surface area contributed by atoms with Gasteiger partial charge >= 0.3 is 0 Å². The number of nitrogen functional groups attached to an aromatic ring is 1. The van der Waals surface area contributed by atoms with Crippen LogP contribution in [0.2, 0.25) is 0 Å². The lowest BCUT2D eigenvalue weighted by Gasteiger charge is -2.19. The van der Waals surface area contributed by atoms with Crippen molar-refractivity contribution in [3.05, 3.63) is 47.7 Å². The van der Waals surface area contributed by atoms with Gasteiger partial charge in [0.2, 0.25) is 5.95 Å². The lowest BCUT2D eigenvalue weighted by molar-refractivity contribution is 0.0741. The first-order valence-electron chi connectivity index (χ1n) is 11.0. The Bertz CT molecular complexity index is 1140. The second-order valence-corrected chi connectivity index (χ2v) is 7.84. The zero-order valence-corrected chi connectivity index (χ0v) is 18.6. The number of nitrogens with zero attached hydrogens (tertiary/aromatic N) is 4. The number of hydrogen-bond donors (Lipinski definition) is 2. The van der Waals surface area contributed by atoms with Crippen molar-refractivity contribution in [2.45, 2.75) is 19.4 Å². The summed E-state index contributed by atoms with van der Waals surface area (Å²) in [6.07, 6.45) is 3.07. The maximum atomic E-state index is 13.0. The molecule has 4 rings (SSSR count). The third-order valence-electron chi connectivity index (χ3n) is 5.45. The Morgan fingerprint density at radius 3 is 2.91 bits per heavy atom. The number of amides is 2. The summed E-state index contributed by atoms with van der Waals surface area (Å²) in [5, 5.41) is 2.86. The predicted molar refractivity (Wildman–Crippen MR) is 124 cm³/mol. The lowest BCUT2D eigenvalue weighted by atomic mass is 10.2. The molecule has 3 aromatic rings. The van der Waals surface area contributed by atoms with Gasteiger partial charge in [0, 0.05) is 57.4 Å². The van der Waals surface area contributed by atoms with E-state index in [1.165, 1.54) is 0 Å². The van der Waals surface area contributed by atoms with Gasteiger partial charge in [-0.1, -0.05) is 6.07 Å². The van der Waals surface area contributed by atoms with Crippen LogP contribution in [0.1, 0.15) is 33.6 Å². The van der Waals surface area contributed by atoms with Crippen LogP contribution in [0.4, 0.5) is 11.6 Å². The van der Waals surface area contributed by atoms with Gasteiger partial charge in [0.1, 0.15) is 5.52 Å². The molecule has 0 atom stereocenters. The van der Waals surface area contributed by atoms with Gasteiger partial charge in [-0.3, -0.25) is 19.5 Å². The van der Waals surface area contributed by atoms with Gasteiger partial charge in [-0.2, -0.15) is 0 Å². The Hall–Kier alpha value is -3.50. The Morgan fingerprint density at radius 1 is 1.21 bits per heavy atom. The largest absolute Gasteiger partial charge is 0.399 e. The van der Waals surface area contributed by atoms with E-state index in [1.54, 1.807) is 48.5 Å². The number of rotatable bonds is 7. The highest BCUT2D eigenvalue weighted by Gasteiger charge is 2.21. The molecule has 10 heteroatoms. The minimum Gasteiger partial charge on any atom is -0.399 e. The van der Waals surface area contributed by atoms with Crippen LogP contribution in [0.15, 0.2) is 36.5 Å². The second kappa shape index (κ2) is 10.4. The van der Waals surface area contributed by atoms with E-state index >= 15 is 0 Å². The number of carbonyl (C=O) groups excluding carboxylic acids is 2. The van der Waals surface area contributed by atoms with E-state index in [4.69, 9.17) is 15.2 Å². The highest BCUT2D eigenvalue weighted by atomic mass is 16.5. The highest BCUT2D eigenvalue weighted by Crippen LogP contribution is 2.21. The fourth-order valence-electron chi connectivity index (χ4n) is 3.79. The number of nitrogens with one attached hydrogen (secondary N) is 1. The summed E-state index contributed by atoms with van der Waals surface area (Å²) in [4.78, 5) is 36.7. The SMILES string of the molecule is COCCCn1c(NC(=O)c2cccc(N)c2)nc2cc(C(=O)N3CCCOCC3)cnc21. The van der Waals surface area contributed by atoms with E-state index < -0.39 is 0 Å². The number of hydrogen-bond acceptors (Lipinski definition) is 7. The van der Waals surface area contributed by atoms with Crippen LogP contribution in [0, 0.1) is 0 Å². The van der Waals surface area contributed by atoms with Crippen LogP contribution in [0.25, 0.3) is 11.2 Å². The first-order valence-corrected chi connectivity index (χ1v) is 11.0. The molecule has 1 fully saturated rings. The Kier molecular flexibility index (Phi) is 7.16. The third-order valence-corrected chi connectivity index (χ3v) is 5.45. The standard InChI is InChI=1S/C23H28N6O4/c1-32-10-4-8-29-20-19(26-23(29)27-21(30)16-5-2-6-18(24)13-16)14-17(15-25-20)22(31)28-7-3-11-33-12-9-28/h2,5-6,13-15H,3-4,7-12,24H2,1H3,(H,26,27,30). The molecule has 1 aromatic carbocycles. The molecule has 0 saturated carbocycles. The summed E-state index contributed by atoms with van der Waals surface area (Å²) >= 11 is 0. The van der Waals surface area contributed by atoms with Crippen molar-refractivity contribution in [2.75, 3.05) is 51.1 Å². The van der Waals surface area contributed by atoms with Gasteiger partial charge in [0.05, 0.1) is 12.2 Å². The normalized spacial score (nSPS) is 14.3. The van der Waals surface area contributed by atoms with E-state index in [0.29, 0.717) is 79.8 Å². The molecular weight excluding hydrogens is 424 g/mol. The topological polar surface area (TPSA) is 125 Å². The van der Waals surface area contributed by atoms with Crippen molar-refractivity contribution in [1.82, 2.24) is 19.4 Å². The zero-order chi connectivity index (χ0) is 23.2. The zero-order valence-electron chi connectivity index (χ0n) is 18.6. The Labute approximate surface area is 191 Å². The molecule has 2 aromatic heterocycles. The van der Waals surface area contributed by atoms with Gasteiger partial charge in [0.15, 0.2) is 5.65 Å². The van der Waals surface area contributed by atoms with Gasteiger partial charge in [0.25, 0.3) is 11.8 Å². The number of imidazole rings is 1. The van der Waals surface area contributed by atoms with Crippen LogP contribution in [-0.2, 0) is 16.0 Å². The summed E-state index contributed by atoms with van der Waals surface area (Å²) in [7, 11) is 1.64. The quantitative estimate of drug-likeness (QED) is 0.416. The Balaban J connectivity index is 1.63. The molecule has 174 valence electrons. The van der Waals surface area contributed by atoms with E-state index in [0.717, 1.165) is 6.42 Å². The summed E-state index contributed by atoms with van der Waals surface area (Å²) in [6.45, 7) is 3.46. The number of ether oxygens (including phenoxy) is 2. The molecule has 3 heterocycles. The van der Waals surface area contributed by atoms with E-state index in [9.17, 15) is 9.59 Å². The molecule has 0 bridgehead atoms. The van der Waals surface area contributed by atoms with Gasteiger partial charge in [-0.15, -0.1) is 0 Å². The van der Waals surface area contributed by atoms with Crippen LogP contribution < -0.4 is 11.1 Å². The van der Waals surface area contributed by atoms with Crippen LogP contribution >= 0.6 is 0 Å². The first-order chi connectivity index (χ1) is 16.1. The van der Waals surface area contributed by atoms with Crippen molar-refractivity contribution in [3.8, 4) is 0 Å². The van der Waals surface area contributed by atoms with Crippen molar-refractivity contribution in [1.29, 1.82) is 0 Å². The average molecular weight is 453 g/mol. The summed E-state index contributed by atoms with van der Waals surface area (Å²) < 4.78 is 12.4. The molecule has 10 nitrogen and oxygen atoms in total. The maximum Gasteiger partial charge on any atom is 0.258 e. The predicted octanol–water partition coefficient (Wildman–Crippen LogP) is 2.16. The number of carbonyl (C=O) groups is 2. The fraction of sp³-hybridized carbons (Fsp3) is 0.391. The number of benzene rings is 1. The van der Waals surface area contributed by atoms with Crippen LogP contribution in [-0.4, -0.2) is 71.3 Å². The van der Waals surface area contributed by atoms with E-state index in [1.807, 2.05) is 4.57 Å². The van der Waals surface area contributed by atoms with Crippen molar-refractivity contribution < 1.29 is 19.1 Å². The molecular formula is C23H28N6O4. The summed E-state index contributed by atoms with van der Waals surface area (Å²) in [5.74, 6) is -0.0746. The minimum atomic E-state index is -0.327. The average Bonchev–Trinajstić information content (AvgIpc) is 2.97. The molecule has 0 unspecified atom stereocenters. The monoisotopic (exact) mass is 452 g/mol. The van der Waals surface area contributed by atoms with E-state index in [-0.39, 0.29) is 11.8 Å². The fourth-order valence-corrected chi connectivity index (χ4v) is 3.79. The minimum absolute atomic E-state index is 0.103. The maximum absolute atomic E-state index is 13.0. The van der Waals surface area contributed by atoms with Crippen molar-refractivity contribution in [2.24, 2.45) is 0 Å². The number of aryl methyl sites for hydroxylation is 1. The molecule has 1 saturated heterocycles. The first kappa shape index (κ1) is 22.7. The molecule has 1 aliphatic heterocycles. The van der Waals surface area contributed by atoms with Crippen LogP contribution in [0.3, 0.4) is 0 Å². The van der Waals surface area contributed by atoms with Crippen molar-refractivity contribution >= 4 is 34.6 Å². The molecule has 33 heavy (non-hydrogen) atoms. The number of pyridine rings is 1. The molecule has 0 aliphatic carbocycles. The number of fused-ring (bicyclic) bond motifs is 1. The van der Waals surface area contributed by atoms with Gasteiger partial charge < -0.3 is 20.1 Å². The molecule has 0 radical (unpaired) electrons. The van der Waals surface area contributed by atoms with Gasteiger partial charge in [-0.05, 0) is 37.1 Å². The smallest absolute Gasteiger partial charge is 0.258 e. The highest BCUT2D eigenvalue weighted by molar-refractivity contribution is 6.04. The van der Waals surface area contributed by atoms with Gasteiger partial charge in [-0.25, -0.2) is 9.97 Å². The second-order valence-electron chi connectivity index (χ2n) is 7.84. The summed E-state index contributed by atoms with van der Waals surface area (Å²) in [5.41, 5.74) is 8.32.